The van der Waals surface area contributed by atoms with Crippen LogP contribution in [0.2, 0.25) is 0 Å². The lowest BCUT2D eigenvalue weighted by atomic mass is 10.1. The van der Waals surface area contributed by atoms with E-state index < -0.39 is 0 Å². The number of guanidine groups is 1. The van der Waals surface area contributed by atoms with Crippen molar-refractivity contribution in [2.75, 3.05) is 26.2 Å². The molecule has 32 heavy (non-hydrogen) atoms. The van der Waals surface area contributed by atoms with E-state index in [0.29, 0.717) is 18.7 Å². The Morgan fingerprint density at radius 3 is 2.09 bits per heavy atom. The van der Waals surface area contributed by atoms with Gasteiger partial charge in [0.05, 0.1) is 6.54 Å². The van der Waals surface area contributed by atoms with Gasteiger partial charge in [0.15, 0.2) is 5.96 Å². The quantitative estimate of drug-likeness (QED) is 0.415. The van der Waals surface area contributed by atoms with E-state index >= 15 is 0 Å². The minimum atomic E-state index is -0.0421. The summed E-state index contributed by atoms with van der Waals surface area (Å²) < 4.78 is 0. The highest BCUT2D eigenvalue weighted by atomic mass is 16.1. The first kappa shape index (κ1) is 23.8. The van der Waals surface area contributed by atoms with Crippen LogP contribution in [0.3, 0.4) is 0 Å². The van der Waals surface area contributed by atoms with E-state index in [-0.39, 0.29) is 5.91 Å². The van der Waals surface area contributed by atoms with Crippen LogP contribution < -0.4 is 16.0 Å². The summed E-state index contributed by atoms with van der Waals surface area (Å²) in [5.74, 6) is 0.747. The molecule has 0 aromatic heterocycles. The van der Waals surface area contributed by atoms with Gasteiger partial charge in [0.1, 0.15) is 0 Å². The van der Waals surface area contributed by atoms with Crippen molar-refractivity contribution in [3.63, 3.8) is 0 Å². The number of nitrogens with one attached hydrogen (secondary N) is 3. The number of carbonyl (C=O) groups excluding carboxylic acids is 1. The first-order valence-electron chi connectivity index (χ1n) is 11.9. The number of hydrogen-bond acceptors (Lipinski definition) is 3. The topological polar surface area (TPSA) is 68.8 Å². The van der Waals surface area contributed by atoms with Gasteiger partial charge in [0.25, 0.3) is 5.91 Å². The molecule has 0 spiro atoms. The normalized spacial score (nSPS) is 14.8. The van der Waals surface area contributed by atoms with Crippen molar-refractivity contribution >= 4 is 11.9 Å². The first-order chi connectivity index (χ1) is 15.7. The number of benzene rings is 2. The van der Waals surface area contributed by atoms with E-state index in [9.17, 15) is 4.79 Å². The van der Waals surface area contributed by atoms with Crippen LogP contribution in [0.25, 0.3) is 0 Å². The third kappa shape index (κ3) is 7.68. The summed E-state index contributed by atoms with van der Waals surface area (Å²) in [5.41, 5.74) is 4.36. The second-order valence-electron chi connectivity index (χ2n) is 8.26. The Kier molecular flexibility index (Phi) is 9.57. The van der Waals surface area contributed by atoms with Crippen LogP contribution in [0.4, 0.5) is 0 Å². The number of likely N-dealkylation sites (tertiary alicyclic amines) is 1. The van der Waals surface area contributed by atoms with E-state index in [1.54, 1.807) is 0 Å². The van der Waals surface area contributed by atoms with Crippen LogP contribution >= 0.6 is 0 Å². The zero-order valence-corrected chi connectivity index (χ0v) is 19.5. The highest BCUT2D eigenvalue weighted by molar-refractivity contribution is 5.94. The fraction of sp³-hybridized carbons (Fsp3) is 0.462. The van der Waals surface area contributed by atoms with Gasteiger partial charge in [-0.05, 0) is 68.6 Å². The van der Waals surface area contributed by atoms with Gasteiger partial charge < -0.3 is 16.0 Å². The second-order valence-corrected chi connectivity index (χ2v) is 8.26. The highest BCUT2D eigenvalue weighted by Crippen LogP contribution is 2.13. The van der Waals surface area contributed by atoms with Gasteiger partial charge in [0, 0.05) is 31.7 Å². The Hall–Kier alpha value is -2.86. The monoisotopic (exact) mass is 435 g/mol. The van der Waals surface area contributed by atoms with Crippen molar-refractivity contribution in [3.05, 3.63) is 70.8 Å². The molecule has 6 heteroatoms. The van der Waals surface area contributed by atoms with E-state index in [4.69, 9.17) is 4.99 Å². The smallest absolute Gasteiger partial charge is 0.251 e. The summed E-state index contributed by atoms with van der Waals surface area (Å²) in [6, 6.07) is 16.5. The van der Waals surface area contributed by atoms with Gasteiger partial charge in [-0.25, -0.2) is 4.99 Å². The lowest BCUT2D eigenvalue weighted by Crippen LogP contribution is -2.36. The molecule has 172 valence electrons. The Morgan fingerprint density at radius 2 is 1.44 bits per heavy atom. The zero-order valence-electron chi connectivity index (χ0n) is 19.5. The molecule has 1 amide bonds. The molecule has 1 saturated heterocycles. The molecule has 1 aliphatic rings. The minimum absolute atomic E-state index is 0.0421. The predicted molar refractivity (Wildman–Crippen MR) is 132 cm³/mol. The Morgan fingerprint density at radius 1 is 0.812 bits per heavy atom. The molecule has 0 unspecified atom stereocenters. The Balaban J connectivity index is 1.51. The van der Waals surface area contributed by atoms with Crippen LogP contribution in [0.1, 0.15) is 60.2 Å². The molecular formula is C26H37N5O. The SMILES string of the molecule is CCNC(=O)c1ccc(CN=C(NCC)NCc2ccc(CN3CCCCC3)cc2)cc1. The highest BCUT2D eigenvalue weighted by Gasteiger charge is 2.10. The molecule has 0 atom stereocenters. The average Bonchev–Trinajstić information content (AvgIpc) is 2.83. The lowest BCUT2D eigenvalue weighted by molar-refractivity contribution is 0.0956. The van der Waals surface area contributed by atoms with Crippen molar-refractivity contribution in [1.82, 2.24) is 20.9 Å². The van der Waals surface area contributed by atoms with Crippen molar-refractivity contribution < 1.29 is 4.79 Å². The standard InChI is InChI=1S/C26H37N5O/c1-3-27-25(32)24-14-12-22(13-15-24)19-30-26(28-4-2)29-18-21-8-10-23(11-9-21)20-31-16-6-5-7-17-31/h8-15H,3-7,16-20H2,1-2H3,(H,27,32)(H2,28,29,30). The molecule has 2 aromatic rings. The number of hydrogen-bond donors (Lipinski definition) is 3. The maximum absolute atomic E-state index is 11.9. The van der Waals surface area contributed by atoms with Crippen molar-refractivity contribution in [2.45, 2.75) is 52.7 Å². The van der Waals surface area contributed by atoms with Crippen LogP contribution in [0.5, 0.6) is 0 Å². The first-order valence-corrected chi connectivity index (χ1v) is 11.9. The minimum Gasteiger partial charge on any atom is -0.357 e. The molecule has 0 bridgehead atoms. The van der Waals surface area contributed by atoms with Crippen molar-refractivity contribution in [2.24, 2.45) is 4.99 Å². The van der Waals surface area contributed by atoms with Crippen LogP contribution in [0.15, 0.2) is 53.5 Å². The fourth-order valence-corrected chi connectivity index (χ4v) is 3.86. The second kappa shape index (κ2) is 12.9. The molecule has 1 fully saturated rings. The number of amides is 1. The molecular weight excluding hydrogens is 398 g/mol. The van der Waals surface area contributed by atoms with Gasteiger partial charge in [-0.15, -0.1) is 0 Å². The third-order valence-corrected chi connectivity index (χ3v) is 5.66. The lowest BCUT2D eigenvalue weighted by Gasteiger charge is -2.26. The number of carbonyl (C=O) groups is 1. The summed E-state index contributed by atoms with van der Waals surface area (Å²) in [5, 5.41) is 9.54. The summed E-state index contributed by atoms with van der Waals surface area (Å²) in [7, 11) is 0. The molecule has 1 heterocycles. The number of rotatable bonds is 9. The molecule has 0 aliphatic carbocycles. The van der Waals surface area contributed by atoms with E-state index in [1.165, 1.54) is 43.5 Å². The maximum atomic E-state index is 11.9. The zero-order chi connectivity index (χ0) is 22.6. The molecule has 2 aromatic carbocycles. The number of aliphatic imine (C=N–C) groups is 1. The van der Waals surface area contributed by atoms with Gasteiger partial charge in [-0.3, -0.25) is 9.69 Å². The average molecular weight is 436 g/mol. The Labute approximate surface area is 192 Å². The Bertz CT molecular complexity index is 855. The molecule has 6 nitrogen and oxygen atoms in total. The largest absolute Gasteiger partial charge is 0.357 e. The summed E-state index contributed by atoms with van der Waals surface area (Å²) >= 11 is 0. The van der Waals surface area contributed by atoms with Gasteiger partial charge in [-0.2, -0.15) is 0 Å². The predicted octanol–water partition coefficient (Wildman–Crippen LogP) is 3.68. The van der Waals surface area contributed by atoms with Crippen molar-refractivity contribution in [3.8, 4) is 0 Å². The van der Waals surface area contributed by atoms with E-state index in [0.717, 1.165) is 31.2 Å². The summed E-state index contributed by atoms with van der Waals surface area (Å²) in [4.78, 5) is 19.1. The molecule has 3 N–H and O–H groups in total. The van der Waals surface area contributed by atoms with E-state index in [2.05, 4.69) is 52.0 Å². The molecule has 3 rings (SSSR count). The summed E-state index contributed by atoms with van der Waals surface area (Å²) in [6.45, 7) is 10.2. The van der Waals surface area contributed by atoms with Gasteiger partial charge in [-0.1, -0.05) is 42.8 Å². The number of nitrogens with zero attached hydrogens (tertiary/aromatic N) is 2. The summed E-state index contributed by atoms with van der Waals surface area (Å²) in [6.07, 6.45) is 4.03. The molecule has 0 saturated carbocycles. The van der Waals surface area contributed by atoms with Gasteiger partial charge in [0.2, 0.25) is 0 Å². The number of piperidine rings is 1. The molecule has 1 aliphatic heterocycles. The molecule has 0 radical (unpaired) electrons. The third-order valence-electron chi connectivity index (χ3n) is 5.66. The fourth-order valence-electron chi connectivity index (χ4n) is 3.86. The van der Waals surface area contributed by atoms with E-state index in [1.807, 2.05) is 31.2 Å². The van der Waals surface area contributed by atoms with Gasteiger partial charge >= 0.3 is 0 Å². The van der Waals surface area contributed by atoms with Crippen LogP contribution in [-0.4, -0.2) is 42.9 Å². The van der Waals surface area contributed by atoms with Crippen molar-refractivity contribution in [1.29, 1.82) is 0 Å². The maximum Gasteiger partial charge on any atom is 0.251 e. The van der Waals surface area contributed by atoms with Crippen LogP contribution in [-0.2, 0) is 19.6 Å². The van der Waals surface area contributed by atoms with Crippen LogP contribution in [0, 0.1) is 0 Å².